The van der Waals surface area contributed by atoms with Crippen LogP contribution in [0.1, 0.15) is 22.3 Å². The van der Waals surface area contributed by atoms with Crippen LogP contribution in [-0.4, -0.2) is 53.5 Å². The summed E-state index contributed by atoms with van der Waals surface area (Å²) in [7, 11) is 0. The smallest absolute Gasteiger partial charge is 0.339 e. The molecule has 0 bridgehead atoms. The molecule has 0 unspecified atom stereocenters. The van der Waals surface area contributed by atoms with Gasteiger partial charge in [-0.1, -0.05) is 18.2 Å². The minimum absolute atomic E-state index is 0.0510. The van der Waals surface area contributed by atoms with Crippen molar-refractivity contribution in [3.8, 4) is 0 Å². The maximum absolute atomic E-state index is 12.6. The molecule has 1 aliphatic rings. The number of rotatable bonds is 5. The van der Waals surface area contributed by atoms with Crippen molar-refractivity contribution in [3.63, 3.8) is 0 Å². The summed E-state index contributed by atoms with van der Waals surface area (Å²) in [5, 5.41) is 0. The van der Waals surface area contributed by atoms with Gasteiger partial charge in [0.1, 0.15) is 0 Å². The van der Waals surface area contributed by atoms with Gasteiger partial charge in [0.2, 0.25) is 5.91 Å². The number of thioether (sulfide) groups is 1. The van der Waals surface area contributed by atoms with Crippen LogP contribution in [0.3, 0.4) is 0 Å². The molecule has 154 valence electrons. The number of alkyl halides is 3. The molecule has 1 fully saturated rings. The van der Waals surface area contributed by atoms with Crippen molar-refractivity contribution in [1.82, 2.24) is 9.80 Å². The van der Waals surface area contributed by atoms with Gasteiger partial charge in [-0.3, -0.25) is 9.59 Å². The zero-order chi connectivity index (χ0) is 20.9. The fourth-order valence-electron chi connectivity index (χ4n) is 3.07. The van der Waals surface area contributed by atoms with Crippen LogP contribution in [0.5, 0.6) is 0 Å². The van der Waals surface area contributed by atoms with E-state index in [2.05, 4.69) is 0 Å². The Morgan fingerprint density at radius 1 is 0.862 bits per heavy atom. The Kier molecular flexibility index (Phi) is 6.84. The van der Waals surface area contributed by atoms with Crippen molar-refractivity contribution < 1.29 is 22.8 Å². The number of nitrogens with zero attached hydrogens (tertiary/aromatic N) is 2. The van der Waals surface area contributed by atoms with E-state index in [-0.39, 0.29) is 17.4 Å². The Balaban J connectivity index is 1.45. The van der Waals surface area contributed by atoms with Crippen LogP contribution >= 0.6 is 11.8 Å². The van der Waals surface area contributed by atoms with Crippen molar-refractivity contribution in [2.75, 3.05) is 31.9 Å². The average Bonchev–Trinajstić information content (AvgIpc) is 2.73. The van der Waals surface area contributed by atoms with E-state index in [0.29, 0.717) is 38.4 Å². The predicted molar refractivity (Wildman–Crippen MR) is 106 cm³/mol. The van der Waals surface area contributed by atoms with Crippen LogP contribution in [0.15, 0.2) is 59.5 Å². The Bertz CT molecular complexity index is 833. The SMILES string of the molecule is O=C(CCSc1ccccc1)N1CCN(C(=O)c2ccc(C(F)(F)F)cc2)CC1. The molecule has 0 radical (unpaired) electrons. The monoisotopic (exact) mass is 422 g/mol. The maximum atomic E-state index is 12.6. The van der Waals surface area contributed by atoms with Gasteiger partial charge in [-0.05, 0) is 36.4 Å². The summed E-state index contributed by atoms with van der Waals surface area (Å²) in [4.78, 5) is 29.3. The number of carbonyl (C=O) groups is 2. The van der Waals surface area contributed by atoms with E-state index in [9.17, 15) is 22.8 Å². The highest BCUT2D eigenvalue weighted by atomic mass is 32.2. The average molecular weight is 422 g/mol. The van der Waals surface area contributed by atoms with E-state index in [0.717, 1.165) is 17.0 Å². The van der Waals surface area contributed by atoms with Gasteiger partial charge in [-0.2, -0.15) is 13.2 Å². The number of hydrogen-bond donors (Lipinski definition) is 0. The molecule has 3 rings (SSSR count). The molecule has 4 nitrogen and oxygen atoms in total. The number of benzene rings is 2. The third kappa shape index (κ3) is 5.76. The fourth-order valence-corrected chi connectivity index (χ4v) is 3.94. The summed E-state index contributed by atoms with van der Waals surface area (Å²) in [6, 6.07) is 14.1. The van der Waals surface area contributed by atoms with E-state index in [1.54, 1.807) is 21.6 Å². The molecule has 2 amide bonds. The summed E-state index contributed by atoms with van der Waals surface area (Å²) in [5.74, 6) is 0.425. The number of carbonyl (C=O) groups excluding carboxylic acids is 2. The van der Waals surface area contributed by atoms with Gasteiger partial charge in [0.15, 0.2) is 0 Å². The number of halogens is 3. The molecular formula is C21H21F3N2O2S. The van der Waals surface area contributed by atoms with Gasteiger partial charge in [0.05, 0.1) is 5.56 Å². The second-order valence-corrected chi connectivity index (χ2v) is 7.83. The van der Waals surface area contributed by atoms with E-state index in [1.807, 2.05) is 30.3 Å². The van der Waals surface area contributed by atoms with Crippen LogP contribution in [-0.2, 0) is 11.0 Å². The molecule has 1 heterocycles. The van der Waals surface area contributed by atoms with Crippen molar-refractivity contribution in [3.05, 3.63) is 65.7 Å². The van der Waals surface area contributed by atoms with Crippen LogP contribution in [0.2, 0.25) is 0 Å². The lowest BCUT2D eigenvalue weighted by atomic mass is 10.1. The molecular weight excluding hydrogens is 401 g/mol. The van der Waals surface area contributed by atoms with Gasteiger partial charge in [0, 0.05) is 48.8 Å². The third-order valence-electron chi connectivity index (χ3n) is 4.71. The number of amides is 2. The van der Waals surface area contributed by atoms with Gasteiger partial charge in [-0.15, -0.1) is 11.8 Å². The standard InChI is InChI=1S/C21H21F3N2O2S/c22-21(23,24)17-8-6-16(7-9-17)20(28)26-13-11-25(12-14-26)19(27)10-15-29-18-4-2-1-3-5-18/h1-9H,10-15H2. The first kappa shape index (κ1) is 21.2. The summed E-state index contributed by atoms with van der Waals surface area (Å²) in [6.45, 7) is 1.61. The predicted octanol–water partition coefficient (Wildman–Crippen LogP) is 4.17. The highest BCUT2D eigenvalue weighted by Crippen LogP contribution is 2.29. The molecule has 0 saturated carbocycles. The number of piperazine rings is 1. The van der Waals surface area contributed by atoms with Gasteiger partial charge in [0.25, 0.3) is 5.91 Å². The van der Waals surface area contributed by atoms with Crippen LogP contribution in [0.25, 0.3) is 0 Å². The largest absolute Gasteiger partial charge is 0.416 e. The minimum atomic E-state index is -4.42. The molecule has 2 aromatic rings. The molecule has 2 aromatic carbocycles. The van der Waals surface area contributed by atoms with E-state index in [1.165, 1.54) is 12.1 Å². The first-order chi connectivity index (χ1) is 13.8. The Hall–Kier alpha value is -2.48. The third-order valence-corrected chi connectivity index (χ3v) is 5.72. The summed E-state index contributed by atoms with van der Waals surface area (Å²) < 4.78 is 37.9. The van der Waals surface area contributed by atoms with Gasteiger partial charge >= 0.3 is 6.18 Å². The van der Waals surface area contributed by atoms with Gasteiger partial charge < -0.3 is 9.80 Å². The molecule has 0 N–H and O–H groups in total. The number of hydrogen-bond acceptors (Lipinski definition) is 3. The molecule has 1 aliphatic heterocycles. The summed E-state index contributed by atoms with van der Waals surface area (Å²) in [5.41, 5.74) is -0.560. The van der Waals surface area contributed by atoms with E-state index < -0.39 is 11.7 Å². The zero-order valence-electron chi connectivity index (χ0n) is 15.7. The van der Waals surface area contributed by atoms with Crippen molar-refractivity contribution in [1.29, 1.82) is 0 Å². The van der Waals surface area contributed by atoms with Gasteiger partial charge in [-0.25, -0.2) is 0 Å². The Morgan fingerprint density at radius 2 is 1.45 bits per heavy atom. The molecule has 1 saturated heterocycles. The van der Waals surface area contributed by atoms with Crippen molar-refractivity contribution in [2.45, 2.75) is 17.5 Å². The zero-order valence-corrected chi connectivity index (χ0v) is 16.5. The lowest BCUT2D eigenvalue weighted by Gasteiger charge is -2.35. The molecule has 0 atom stereocenters. The molecule has 0 spiro atoms. The highest BCUT2D eigenvalue weighted by molar-refractivity contribution is 7.99. The second-order valence-electron chi connectivity index (χ2n) is 6.66. The summed E-state index contributed by atoms with van der Waals surface area (Å²) in [6.07, 6.45) is -4.00. The first-order valence-corrected chi connectivity index (χ1v) is 10.3. The van der Waals surface area contributed by atoms with Crippen LogP contribution in [0.4, 0.5) is 13.2 Å². The molecule has 8 heteroatoms. The minimum Gasteiger partial charge on any atom is -0.339 e. The lowest BCUT2D eigenvalue weighted by molar-refractivity contribution is -0.137. The summed E-state index contributed by atoms with van der Waals surface area (Å²) >= 11 is 1.63. The topological polar surface area (TPSA) is 40.6 Å². The van der Waals surface area contributed by atoms with E-state index in [4.69, 9.17) is 0 Å². The maximum Gasteiger partial charge on any atom is 0.416 e. The van der Waals surface area contributed by atoms with Crippen LogP contribution in [0, 0.1) is 0 Å². The Labute approximate surface area is 171 Å². The second kappa shape index (κ2) is 9.35. The lowest BCUT2D eigenvalue weighted by Crippen LogP contribution is -2.50. The van der Waals surface area contributed by atoms with Crippen LogP contribution < -0.4 is 0 Å². The van der Waals surface area contributed by atoms with E-state index >= 15 is 0 Å². The molecule has 0 aromatic heterocycles. The van der Waals surface area contributed by atoms with Crippen molar-refractivity contribution >= 4 is 23.6 Å². The fraction of sp³-hybridized carbons (Fsp3) is 0.333. The Morgan fingerprint density at radius 3 is 2.03 bits per heavy atom. The quantitative estimate of drug-likeness (QED) is 0.679. The first-order valence-electron chi connectivity index (χ1n) is 9.27. The normalized spacial score (nSPS) is 14.7. The van der Waals surface area contributed by atoms with Crippen molar-refractivity contribution in [2.24, 2.45) is 0 Å². The molecule has 0 aliphatic carbocycles. The highest BCUT2D eigenvalue weighted by Gasteiger charge is 2.31. The molecule has 29 heavy (non-hydrogen) atoms.